The third-order valence-corrected chi connectivity index (χ3v) is 4.37. The molecule has 0 saturated carbocycles. The van der Waals surface area contributed by atoms with Gasteiger partial charge in [0.25, 0.3) is 0 Å². The maximum absolute atomic E-state index is 11.9. The molecule has 19 heavy (non-hydrogen) atoms. The van der Waals surface area contributed by atoms with Crippen molar-refractivity contribution in [3.8, 4) is 0 Å². The molecule has 1 aromatic carbocycles. The second kappa shape index (κ2) is 4.54. The van der Waals surface area contributed by atoms with Crippen LogP contribution in [0.15, 0.2) is 18.2 Å². The van der Waals surface area contributed by atoms with Gasteiger partial charge in [0.15, 0.2) is 0 Å². The Kier molecular flexibility index (Phi) is 2.99. The molecule has 5 nitrogen and oxygen atoms in total. The van der Waals surface area contributed by atoms with Crippen LogP contribution < -0.4 is 11.1 Å². The molecule has 0 aliphatic carbocycles. The first-order valence-corrected chi connectivity index (χ1v) is 6.74. The Balaban J connectivity index is 1.87. The zero-order valence-corrected chi connectivity index (χ0v) is 11.2. The summed E-state index contributed by atoms with van der Waals surface area (Å²) in [5.74, 6) is -0.435. The normalized spacial score (nSPS) is 27.2. The van der Waals surface area contributed by atoms with Gasteiger partial charge in [0.1, 0.15) is 0 Å². The van der Waals surface area contributed by atoms with Crippen LogP contribution in [0.2, 0.25) is 0 Å². The van der Waals surface area contributed by atoms with Gasteiger partial charge in [-0.05, 0) is 23.6 Å². The number of fused-ring (bicyclic) bond motifs is 1. The van der Waals surface area contributed by atoms with Gasteiger partial charge in [-0.2, -0.15) is 12.6 Å². The number of thiol groups is 1. The van der Waals surface area contributed by atoms with E-state index < -0.39 is 0 Å². The highest BCUT2D eigenvalue weighted by molar-refractivity contribution is 7.80. The van der Waals surface area contributed by atoms with Crippen molar-refractivity contribution in [3.63, 3.8) is 0 Å². The molecule has 2 aliphatic rings. The topological polar surface area (TPSA) is 75.4 Å². The summed E-state index contributed by atoms with van der Waals surface area (Å²) >= 11 is 4.59. The first kappa shape index (κ1) is 12.5. The number of nitrogen functional groups attached to an aromatic ring is 1. The Morgan fingerprint density at radius 1 is 1.37 bits per heavy atom. The number of carbonyl (C=O) groups is 2. The third-order valence-electron chi connectivity index (χ3n) is 3.79. The molecule has 2 heterocycles. The Morgan fingerprint density at radius 3 is 2.84 bits per heavy atom. The molecular formula is C13H15N3O2S. The predicted octanol–water partition coefficient (Wildman–Crippen LogP) is 0.818. The van der Waals surface area contributed by atoms with Gasteiger partial charge in [0.05, 0.1) is 11.4 Å². The first-order chi connectivity index (χ1) is 9.08. The van der Waals surface area contributed by atoms with Crippen LogP contribution in [0.25, 0.3) is 0 Å². The number of nitrogens with two attached hydrogens (primary N) is 1. The number of piperidine rings is 1. The van der Waals surface area contributed by atoms with Crippen LogP contribution in [0.5, 0.6) is 0 Å². The molecular weight excluding hydrogens is 262 g/mol. The zero-order valence-electron chi connectivity index (χ0n) is 10.3. The molecule has 0 aromatic heterocycles. The average Bonchev–Trinajstić information content (AvgIpc) is 2.69. The summed E-state index contributed by atoms with van der Waals surface area (Å²) in [6.07, 6.45) is 0.912. The largest absolute Gasteiger partial charge is 0.398 e. The second-order valence-corrected chi connectivity index (χ2v) is 5.42. The molecule has 2 unspecified atom stereocenters. The quantitative estimate of drug-likeness (QED) is 0.403. The monoisotopic (exact) mass is 277 g/mol. The van der Waals surface area contributed by atoms with Crippen LogP contribution in [0.4, 0.5) is 5.69 Å². The first-order valence-electron chi connectivity index (χ1n) is 6.22. The molecule has 2 aliphatic heterocycles. The molecule has 3 N–H and O–H groups in total. The van der Waals surface area contributed by atoms with E-state index in [0.717, 1.165) is 16.8 Å². The fourth-order valence-corrected chi connectivity index (χ4v) is 3.26. The lowest BCUT2D eigenvalue weighted by Crippen LogP contribution is -2.51. The Morgan fingerprint density at radius 2 is 2.16 bits per heavy atom. The lowest BCUT2D eigenvalue weighted by atomic mass is 10.0. The number of rotatable bonds is 1. The van der Waals surface area contributed by atoms with E-state index in [1.807, 2.05) is 23.1 Å². The van der Waals surface area contributed by atoms with Crippen molar-refractivity contribution in [3.05, 3.63) is 29.3 Å². The summed E-state index contributed by atoms with van der Waals surface area (Å²) in [5, 5.41) is 2.23. The molecule has 2 atom stereocenters. The Labute approximate surface area is 116 Å². The van der Waals surface area contributed by atoms with E-state index in [0.29, 0.717) is 19.4 Å². The second-order valence-electron chi connectivity index (χ2n) is 4.93. The highest BCUT2D eigenvalue weighted by atomic mass is 32.1. The minimum atomic E-state index is -0.313. The Bertz CT molecular complexity index is 561. The van der Waals surface area contributed by atoms with Crippen LogP contribution in [0.3, 0.4) is 0 Å². The van der Waals surface area contributed by atoms with E-state index in [2.05, 4.69) is 17.9 Å². The number of hydrogen-bond acceptors (Lipinski definition) is 5. The van der Waals surface area contributed by atoms with E-state index in [4.69, 9.17) is 5.73 Å². The number of carbonyl (C=O) groups excluding carboxylic acids is 2. The number of nitrogens with one attached hydrogen (secondary N) is 1. The summed E-state index contributed by atoms with van der Waals surface area (Å²) in [7, 11) is 0. The van der Waals surface area contributed by atoms with E-state index in [1.54, 1.807) is 0 Å². The summed E-state index contributed by atoms with van der Waals surface area (Å²) in [6.45, 7) is 0.600. The summed E-state index contributed by atoms with van der Waals surface area (Å²) in [4.78, 5) is 25.1. The van der Waals surface area contributed by atoms with Crippen molar-refractivity contribution in [2.24, 2.45) is 0 Å². The maximum Gasteiger partial charge on any atom is 0.243 e. The molecule has 6 heteroatoms. The van der Waals surface area contributed by atoms with Gasteiger partial charge >= 0.3 is 0 Å². The molecule has 1 fully saturated rings. The number of hydrogen-bond donors (Lipinski definition) is 3. The lowest BCUT2D eigenvalue weighted by molar-refractivity contribution is -0.137. The minimum Gasteiger partial charge on any atom is -0.398 e. The molecule has 0 bridgehead atoms. The van der Waals surface area contributed by atoms with Crippen LogP contribution in [0.1, 0.15) is 29.3 Å². The van der Waals surface area contributed by atoms with Crippen molar-refractivity contribution in [2.75, 3.05) is 5.73 Å². The van der Waals surface area contributed by atoms with Crippen LogP contribution in [-0.2, 0) is 16.1 Å². The highest BCUT2D eigenvalue weighted by Crippen LogP contribution is 2.41. The maximum atomic E-state index is 11.9. The molecule has 3 rings (SSSR count). The summed E-state index contributed by atoms with van der Waals surface area (Å²) in [5.41, 5.74) is 8.78. The predicted molar refractivity (Wildman–Crippen MR) is 74.3 cm³/mol. The standard InChI is InChI=1S/C13H15N3O2S/c14-9-3-1-2-7-8(9)6-16(13(7)19)10-4-5-11(17)15-12(10)18/h1-3,10,13,19H,4-6,14H2,(H,15,17,18). The summed E-state index contributed by atoms with van der Waals surface area (Å²) < 4.78 is 0. The van der Waals surface area contributed by atoms with Crippen LogP contribution in [-0.4, -0.2) is 22.8 Å². The van der Waals surface area contributed by atoms with Crippen molar-refractivity contribution >= 4 is 30.1 Å². The molecule has 100 valence electrons. The van der Waals surface area contributed by atoms with Gasteiger partial charge < -0.3 is 5.73 Å². The Hall–Kier alpha value is -1.53. The van der Waals surface area contributed by atoms with E-state index in [1.165, 1.54) is 0 Å². The summed E-state index contributed by atoms with van der Waals surface area (Å²) in [6, 6.07) is 5.42. The van der Waals surface area contributed by atoms with E-state index in [-0.39, 0.29) is 23.2 Å². The molecule has 1 saturated heterocycles. The lowest BCUT2D eigenvalue weighted by Gasteiger charge is -2.32. The molecule has 1 aromatic rings. The van der Waals surface area contributed by atoms with E-state index >= 15 is 0 Å². The molecule has 0 spiro atoms. The molecule has 2 amide bonds. The number of amides is 2. The van der Waals surface area contributed by atoms with Gasteiger partial charge in [0, 0.05) is 18.7 Å². The van der Waals surface area contributed by atoms with Crippen molar-refractivity contribution < 1.29 is 9.59 Å². The van der Waals surface area contributed by atoms with Gasteiger partial charge in [-0.3, -0.25) is 19.8 Å². The fraction of sp³-hybridized carbons (Fsp3) is 0.385. The third kappa shape index (κ3) is 2.01. The highest BCUT2D eigenvalue weighted by Gasteiger charge is 2.39. The van der Waals surface area contributed by atoms with Crippen molar-refractivity contribution in [2.45, 2.75) is 30.8 Å². The molecule has 0 radical (unpaired) electrons. The average molecular weight is 277 g/mol. The number of nitrogens with zero attached hydrogens (tertiary/aromatic N) is 1. The van der Waals surface area contributed by atoms with Crippen LogP contribution in [0, 0.1) is 0 Å². The van der Waals surface area contributed by atoms with Gasteiger partial charge in [-0.15, -0.1) is 0 Å². The number of imide groups is 1. The number of benzene rings is 1. The smallest absolute Gasteiger partial charge is 0.243 e. The van der Waals surface area contributed by atoms with Crippen LogP contribution >= 0.6 is 12.6 Å². The van der Waals surface area contributed by atoms with Crippen molar-refractivity contribution in [1.29, 1.82) is 0 Å². The SMILES string of the molecule is Nc1cccc2c1CN(C1CCC(=O)NC1=O)C2S. The minimum absolute atomic E-state index is 0.151. The van der Waals surface area contributed by atoms with Gasteiger partial charge in [-0.25, -0.2) is 0 Å². The number of anilines is 1. The van der Waals surface area contributed by atoms with Gasteiger partial charge in [0.2, 0.25) is 11.8 Å². The zero-order chi connectivity index (χ0) is 13.6. The van der Waals surface area contributed by atoms with E-state index in [9.17, 15) is 9.59 Å². The van der Waals surface area contributed by atoms with Crippen molar-refractivity contribution in [1.82, 2.24) is 10.2 Å². The van der Waals surface area contributed by atoms with Gasteiger partial charge in [-0.1, -0.05) is 12.1 Å². The fourth-order valence-electron chi connectivity index (χ4n) is 2.77.